The molecule has 0 aliphatic rings. The topological polar surface area (TPSA) is 66.1 Å². The molecule has 1 heterocycles. The first-order valence-corrected chi connectivity index (χ1v) is 11.3. The predicted octanol–water partition coefficient (Wildman–Crippen LogP) is 5.07. The molecular weight excluding hydrogens is 370 g/mol. The molecule has 0 amide bonds. The van der Waals surface area contributed by atoms with Gasteiger partial charge in [0.05, 0.1) is 22.3 Å². The fourth-order valence-corrected chi connectivity index (χ4v) is 5.13. The Balaban J connectivity index is 2.03. The van der Waals surface area contributed by atoms with Crippen LogP contribution in [0.5, 0.6) is 0 Å². The molecule has 28 heavy (non-hydrogen) atoms. The summed E-state index contributed by atoms with van der Waals surface area (Å²) >= 11 is 0. The Morgan fingerprint density at radius 3 is 2.61 bits per heavy atom. The Morgan fingerprint density at radius 1 is 1.14 bits per heavy atom. The van der Waals surface area contributed by atoms with Crippen molar-refractivity contribution in [3.05, 3.63) is 53.7 Å². The van der Waals surface area contributed by atoms with Crippen molar-refractivity contribution in [1.29, 1.82) is 0 Å². The normalized spacial score (nSPS) is 12.0. The highest BCUT2D eigenvalue weighted by atomic mass is 32.2. The van der Waals surface area contributed by atoms with Crippen molar-refractivity contribution < 1.29 is 8.42 Å². The molecule has 0 radical (unpaired) electrons. The van der Waals surface area contributed by atoms with Crippen LogP contribution in [0.4, 0.5) is 5.69 Å². The van der Waals surface area contributed by atoms with Gasteiger partial charge < -0.3 is 0 Å². The lowest BCUT2D eigenvalue weighted by atomic mass is 10.0. The second-order valence-electron chi connectivity index (χ2n) is 7.77. The van der Waals surface area contributed by atoms with Gasteiger partial charge in [0.1, 0.15) is 0 Å². The SMILES string of the molecule is CCCCc1ccc(N(CC(C)C)S(=O)(=O)c2ccc3[nH]ncc3c2)c(C)c1. The molecule has 0 saturated carbocycles. The number of aromatic amines is 1. The van der Waals surface area contributed by atoms with Crippen molar-refractivity contribution in [3.8, 4) is 0 Å². The Hall–Kier alpha value is -2.34. The maximum Gasteiger partial charge on any atom is 0.264 e. The minimum absolute atomic E-state index is 0.201. The van der Waals surface area contributed by atoms with E-state index < -0.39 is 10.0 Å². The molecule has 0 aliphatic carbocycles. The van der Waals surface area contributed by atoms with Crippen molar-refractivity contribution in [2.24, 2.45) is 5.92 Å². The molecule has 0 bridgehead atoms. The summed E-state index contributed by atoms with van der Waals surface area (Å²) in [5.74, 6) is 0.201. The van der Waals surface area contributed by atoms with Gasteiger partial charge in [-0.15, -0.1) is 0 Å². The molecule has 0 fully saturated rings. The third kappa shape index (κ3) is 4.22. The summed E-state index contributed by atoms with van der Waals surface area (Å²) in [6.07, 6.45) is 4.95. The van der Waals surface area contributed by atoms with Gasteiger partial charge in [-0.2, -0.15) is 5.10 Å². The maximum absolute atomic E-state index is 13.5. The van der Waals surface area contributed by atoms with Gasteiger partial charge in [-0.25, -0.2) is 8.42 Å². The van der Waals surface area contributed by atoms with E-state index in [9.17, 15) is 8.42 Å². The third-order valence-electron chi connectivity index (χ3n) is 4.88. The van der Waals surface area contributed by atoms with Crippen LogP contribution >= 0.6 is 0 Å². The maximum atomic E-state index is 13.5. The number of fused-ring (bicyclic) bond motifs is 1. The number of nitrogens with zero attached hydrogens (tertiary/aromatic N) is 2. The summed E-state index contributed by atoms with van der Waals surface area (Å²) in [7, 11) is -3.68. The van der Waals surface area contributed by atoms with Gasteiger partial charge in [-0.1, -0.05) is 39.3 Å². The number of hydrogen-bond donors (Lipinski definition) is 1. The number of sulfonamides is 1. The van der Waals surface area contributed by atoms with E-state index in [4.69, 9.17) is 0 Å². The molecule has 0 unspecified atom stereocenters. The van der Waals surface area contributed by atoms with E-state index in [1.165, 1.54) is 5.56 Å². The number of H-pyrrole nitrogens is 1. The first-order valence-electron chi connectivity index (χ1n) is 9.88. The Bertz CT molecular complexity index is 1050. The van der Waals surface area contributed by atoms with E-state index in [-0.39, 0.29) is 10.8 Å². The van der Waals surface area contributed by atoms with Crippen molar-refractivity contribution >= 4 is 26.6 Å². The molecule has 1 N–H and O–H groups in total. The van der Waals surface area contributed by atoms with Gasteiger partial charge >= 0.3 is 0 Å². The monoisotopic (exact) mass is 399 g/mol. The molecule has 3 aromatic rings. The molecule has 150 valence electrons. The molecule has 1 aromatic heterocycles. The van der Waals surface area contributed by atoms with Crippen LogP contribution in [-0.2, 0) is 16.4 Å². The Labute approximate surface area is 167 Å². The van der Waals surface area contributed by atoms with E-state index in [1.54, 1.807) is 28.7 Å². The molecule has 0 aliphatic heterocycles. The van der Waals surface area contributed by atoms with Crippen LogP contribution in [0.25, 0.3) is 10.9 Å². The van der Waals surface area contributed by atoms with Crippen LogP contribution in [0.1, 0.15) is 44.7 Å². The van der Waals surface area contributed by atoms with Gasteiger partial charge in [0.25, 0.3) is 10.0 Å². The summed E-state index contributed by atoms with van der Waals surface area (Å²) in [4.78, 5) is 0.288. The highest BCUT2D eigenvalue weighted by Gasteiger charge is 2.27. The first-order chi connectivity index (χ1) is 13.3. The standard InChI is InChI=1S/C22H29N3O2S/c1-5-6-7-18-8-11-22(17(4)12-18)25(15-16(2)3)28(26,27)20-9-10-21-19(13-20)14-23-24-21/h8-14,16H,5-7,15H2,1-4H3,(H,23,24). The van der Waals surface area contributed by atoms with E-state index >= 15 is 0 Å². The summed E-state index contributed by atoms with van der Waals surface area (Å²) in [5, 5.41) is 7.64. The number of nitrogens with one attached hydrogen (secondary N) is 1. The summed E-state index contributed by atoms with van der Waals surface area (Å²) in [6.45, 7) is 8.67. The highest BCUT2D eigenvalue weighted by molar-refractivity contribution is 7.92. The summed E-state index contributed by atoms with van der Waals surface area (Å²) in [6, 6.07) is 11.2. The van der Waals surface area contributed by atoms with Crippen molar-refractivity contribution in [1.82, 2.24) is 10.2 Å². The predicted molar refractivity (Wildman–Crippen MR) is 115 cm³/mol. The smallest absolute Gasteiger partial charge is 0.264 e. The van der Waals surface area contributed by atoms with Crippen molar-refractivity contribution in [2.75, 3.05) is 10.8 Å². The molecular formula is C22H29N3O2S. The van der Waals surface area contributed by atoms with Gasteiger partial charge in [-0.05, 0) is 61.1 Å². The van der Waals surface area contributed by atoms with Gasteiger partial charge in [-0.3, -0.25) is 9.40 Å². The van der Waals surface area contributed by atoms with Crippen LogP contribution < -0.4 is 4.31 Å². The summed E-state index contributed by atoms with van der Waals surface area (Å²) in [5.41, 5.74) is 3.82. The number of unbranched alkanes of at least 4 members (excludes halogenated alkanes) is 1. The molecule has 3 rings (SSSR count). The molecule has 2 aromatic carbocycles. The number of anilines is 1. The first kappa shape index (κ1) is 20.4. The fourth-order valence-electron chi connectivity index (χ4n) is 3.40. The lowest BCUT2D eigenvalue weighted by Crippen LogP contribution is -2.34. The third-order valence-corrected chi connectivity index (χ3v) is 6.66. The van der Waals surface area contributed by atoms with E-state index in [1.807, 2.05) is 26.8 Å². The zero-order valence-electron chi connectivity index (χ0n) is 17.1. The van der Waals surface area contributed by atoms with E-state index in [2.05, 4.69) is 29.3 Å². The average Bonchev–Trinajstić information content (AvgIpc) is 3.12. The highest BCUT2D eigenvalue weighted by Crippen LogP contribution is 2.30. The quantitative estimate of drug-likeness (QED) is 0.575. The average molecular weight is 400 g/mol. The largest absolute Gasteiger partial charge is 0.278 e. The van der Waals surface area contributed by atoms with E-state index in [0.29, 0.717) is 6.54 Å². The van der Waals surface area contributed by atoms with Crippen LogP contribution in [0, 0.1) is 12.8 Å². The number of rotatable bonds is 8. The zero-order chi connectivity index (χ0) is 20.3. The summed E-state index contributed by atoms with van der Waals surface area (Å²) < 4.78 is 28.6. The second kappa shape index (κ2) is 8.35. The molecule has 0 saturated heterocycles. The number of aromatic nitrogens is 2. The second-order valence-corrected chi connectivity index (χ2v) is 9.64. The van der Waals surface area contributed by atoms with Gasteiger partial charge in [0.15, 0.2) is 0 Å². The molecule has 6 heteroatoms. The lowest BCUT2D eigenvalue weighted by Gasteiger charge is -2.28. The Kier molecular flexibility index (Phi) is 6.08. The van der Waals surface area contributed by atoms with Gasteiger partial charge in [0.2, 0.25) is 0 Å². The number of benzene rings is 2. The van der Waals surface area contributed by atoms with Crippen molar-refractivity contribution in [2.45, 2.75) is 51.9 Å². The van der Waals surface area contributed by atoms with Gasteiger partial charge in [0, 0.05) is 11.9 Å². The minimum Gasteiger partial charge on any atom is -0.278 e. The van der Waals surface area contributed by atoms with Crippen LogP contribution in [0.3, 0.4) is 0 Å². The Morgan fingerprint density at radius 2 is 1.93 bits per heavy atom. The minimum atomic E-state index is -3.68. The molecule has 0 spiro atoms. The van der Waals surface area contributed by atoms with Crippen LogP contribution in [-0.4, -0.2) is 25.2 Å². The van der Waals surface area contributed by atoms with E-state index in [0.717, 1.165) is 41.4 Å². The zero-order valence-corrected chi connectivity index (χ0v) is 17.9. The van der Waals surface area contributed by atoms with Crippen molar-refractivity contribution in [3.63, 3.8) is 0 Å². The lowest BCUT2D eigenvalue weighted by molar-refractivity contribution is 0.577. The van der Waals surface area contributed by atoms with Crippen LogP contribution in [0.2, 0.25) is 0 Å². The molecule has 0 atom stereocenters. The fraction of sp³-hybridized carbons (Fsp3) is 0.409. The number of hydrogen-bond acceptors (Lipinski definition) is 3. The number of aryl methyl sites for hydroxylation is 2. The molecule has 5 nitrogen and oxygen atoms in total. The van der Waals surface area contributed by atoms with Crippen LogP contribution in [0.15, 0.2) is 47.5 Å².